The van der Waals surface area contributed by atoms with Gasteiger partial charge in [-0.3, -0.25) is 9.59 Å². The number of fused-ring (bicyclic) bond motifs is 2. The summed E-state index contributed by atoms with van der Waals surface area (Å²) in [5, 5.41) is 4.74. The van der Waals surface area contributed by atoms with Gasteiger partial charge < -0.3 is 15.6 Å². The zero-order valence-corrected chi connectivity index (χ0v) is 18.9. The number of benzene rings is 1. The maximum absolute atomic E-state index is 13.4. The number of nitrogens with one attached hydrogen (secondary N) is 1. The Balaban J connectivity index is 1.77. The Hall–Kier alpha value is -2.60. The van der Waals surface area contributed by atoms with Crippen LogP contribution < -0.4 is 11.1 Å². The van der Waals surface area contributed by atoms with Crippen LogP contribution in [0.5, 0.6) is 0 Å². The Bertz CT molecular complexity index is 1160. The number of hydrogen-bond acceptors (Lipinski definition) is 3. The first-order valence-electron chi connectivity index (χ1n) is 10.7. The van der Waals surface area contributed by atoms with Crippen molar-refractivity contribution < 1.29 is 9.59 Å². The van der Waals surface area contributed by atoms with E-state index in [0.29, 0.717) is 28.7 Å². The van der Waals surface area contributed by atoms with Gasteiger partial charge in [-0.1, -0.05) is 19.9 Å². The monoisotopic (exact) mass is 423 g/mol. The molecular weight excluding hydrogens is 394 g/mol. The minimum atomic E-state index is -0.460. The average Bonchev–Trinajstić information content (AvgIpc) is 3.21. The Labute approximate surface area is 181 Å². The Morgan fingerprint density at radius 3 is 2.73 bits per heavy atom. The smallest absolute Gasteiger partial charge is 0.273 e. The summed E-state index contributed by atoms with van der Waals surface area (Å²) >= 11 is 1.51. The lowest BCUT2D eigenvalue weighted by atomic mass is 9.88. The zero-order chi connectivity index (χ0) is 21.6. The fourth-order valence-corrected chi connectivity index (χ4v) is 6.08. The molecule has 0 radical (unpaired) electrons. The van der Waals surface area contributed by atoms with Crippen LogP contribution >= 0.6 is 11.3 Å². The molecule has 1 unspecified atom stereocenters. The number of primary amides is 1. The number of anilines is 1. The largest absolute Gasteiger partial charge is 0.365 e. The van der Waals surface area contributed by atoms with E-state index >= 15 is 0 Å². The first kappa shape index (κ1) is 20.7. The third-order valence-electron chi connectivity index (χ3n) is 6.31. The fourth-order valence-electron chi connectivity index (χ4n) is 4.67. The molecule has 3 N–H and O–H groups in total. The highest BCUT2D eigenvalue weighted by molar-refractivity contribution is 7.17. The molecule has 2 heterocycles. The molecule has 0 saturated heterocycles. The van der Waals surface area contributed by atoms with Crippen molar-refractivity contribution in [2.45, 2.75) is 59.9 Å². The van der Waals surface area contributed by atoms with Crippen LogP contribution in [0.25, 0.3) is 10.9 Å². The summed E-state index contributed by atoms with van der Waals surface area (Å²) < 4.78 is 2.05. The van der Waals surface area contributed by atoms with E-state index in [2.05, 4.69) is 41.9 Å². The molecule has 1 aromatic carbocycles. The minimum Gasteiger partial charge on any atom is -0.365 e. The minimum absolute atomic E-state index is 0.183. The number of amides is 2. The predicted octanol–water partition coefficient (Wildman–Crippen LogP) is 5.07. The highest BCUT2D eigenvalue weighted by Crippen LogP contribution is 2.40. The number of rotatable bonds is 5. The summed E-state index contributed by atoms with van der Waals surface area (Å²) in [6, 6.07) is 6.39. The standard InChI is InChI=1S/C24H29N3O2S/c1-5-15-8-10-18-17(12-15)14(4)21(27(18)6-2)23(29)26-24-20(22(25)28)16-9-7-13(3)11-19(16)30-24/h8,10,12-13H,5-7,9,11H2,1-4H3,(H2,25,28)(H,26,29). The van der Waals surface area contributed by atoms with Gasteiger partial charge >= 0.3 is 0 Å². The lowest BCUT2D eigenvalue weighted by molar-refractivity contribution is 0.1000. The Morgan fingerprint density at radius 2 is 2.07 bits per heavy atom. The van der Waals surface area contributed by atoms with Gasteiger partial charge in [0.2, 0.25) is 0 Å². The molecule has 5 nitrogen and oxygen atoms in total. The van der Waals surface area contributed by atoms with E-state index in [4.69, 9.17) is 5.73 Å². The Kier molecular flexibility index (Phi) is 5.45. The number of thiophene rings is 1. The molecule has 6 heteroatoms. The second kappa shape index (κ2) is 7.91. The van der Waals surface area contributed by atoms with Crippen molar-refractivity contribution in [3.63, 3.8) is 0 Å². The van der Waals surface area contributed by atoms with Crippen molar-refractivity contribution in [3.8, 4) is 0 Å². The maximum Gasteiger partial charge on any atom is 0.273 e. The summed E-state index contributed by atoms with van der Waals surface area (Å²) in [5.41, 5.74) is 11.2. The number of carbonyl (C=O) groups is 2. The van der Waals surface area contributed by atoms with Crippen LogP contribution in [0.15, 0.2) is 18.2 Å². The lowest BCUT2D eigenvalue weighted by Gasteiger charge is -2.18. The second-order valence-corrected chi connectivity index (χ2v) is 9.40. The highest BCUT2D eigenvalue weighted by Gasteiger charge is 2.28. The SMILES string of the molecule is CCc1ccc2c(c1)c(C)c(C(=O)Nc1sc3c(c1C(N)=O)CCC(C)C3)n2CC. The second-order valence-electron chi connectivity index (χ2n) is 8.30. The maximum atomic E-state index is 13.4. The highest BCUT2D eigenvalue weighted by atomic mass is 32.1. The first-order chi connectivity index (χ1) is 14.3. The van der Waals surface area contributed by atoms with Crippen molar-refractivity contribution >= 4 is 39.1 Å². The Morgan fingerprint density at radius 1 is 1.30 bits per heavy atom. The molecule has 0 fully saturated rings. The quantitative estimate of drug-likeness (QED) is 0.601. The van der Waals surface area contributed by atoms with Gasteiger partial charge in [-0.05, 0) is 74.3 Å². The summed E-state index contributed by atoms with van der Waals surface area (Å²) in [6.07, 6.45) is 3.77. The average molecular weight is 424 g/mol. The van der Waals surface area contributed by atoms with Crippen LogP contribution in [-0.2, 0) is 25.8 Å². The van der Waals surface area contributed by atoms with E-state index in [-0.39, 0.29) is 5.91 Å². The van der Waals surface area contributed by atoms with Gasteiger partial charge in [0.15, 0.2) is 0 Å². The van der Waals surface area contributed by atoms with Gasteiger partial charge in [0.25, 0.3) is 11.8 Å². The summed E-state index contributed by atoms with van der Waals surface area (Å²) in [4.78, 5) is 26.8. The molecule has 4 rings (SSSR count). The molecule has 158 valence electrons. The number of hydrogen-bond donors (Lipinski definition) is 2. The summed E-state index contributed by atoms with van der Waals surface area (Å²) in [7, 11) is 0. The van der Waals surface area contributed by atoms with Crippen LogP contribution in [0.3, 0.4) is 0 Å². The van der Waals surface area contributed by atoms with Crippen LogP contribution in [0.4, 0.5) is 5.00 Å². The van der Waals surface area contributed by atoms with Crippen molar-refractivity contribution in [1.29, 1.82) is 0 Å². The molecule has 1 atom stereocenters. The number of nitrogens with zero attached hydrogens (tertiary/aromatic N) is 1. The molecule has 0 aliphatic heterocycles. The van der Waals surface area contributed by atoms with Gasteiger partial charge in [-0.25, -0.2) is 0 Å². The van der Waals surface area contributed by atoms with Crippen LogP contribution in [0, 0.1) is 12.8 Å². The fraction of sp³-hybridized carbons (Fsp3) is 0.417. The van der Waals surface area contributed by atoms with Crippen molar-refractivity contribution in [3.05, 3.63) is 51.0 Å². The molecule has 0 spiro atoms. The van der Waals surface area contributed by atoms with E-state index in [1.807, 2.05) is 13.8 Å². The van der Waals surface area contributed by atoms with Crippen molar-refractivity contribution in [2.24, 2.45) is 11.7 Å². The molecule has 1 aliphatic rings. The molecule has 2 amide bonds. The third kappa shape index (κ3) is 3.33. The molecule has 1 aliphatic carbocycles. The lowest BCUT2D eigenvalue weighted by Crippen LogP contribution is -2.21. The van der Waals surface area contributed by atoms with Crippen molar-refractivity contribution in [1.82, 2.24) is 4.57 Å². The number of carbonyl (C=O) groups excluding carboxylic acids is 2. The molecule has 3 aromatic rings. The predicted molar refractivity (Wildman–Crippen MR) is 124 cm³/mol. The van der Waals surface area contributed by atoms with Crippen LogP contribution in [0.1, 0.15) is 69.6 Å². The molecule has 0 bridgehead atoms. The van der Waals surface area contributed by atoms with Crippen LogP contribution in [-0.4, -0.2) is 16.4 Å². The topological polar surface area (TPSA) is 77.1 Å². The molecule has 30 heavy (non-hydrogen) atoms. The normalized spacial score (nSPS) is 15.9. The van der Waals surface area contributed by atoms with Gasteiger partial charge in [-0.2, -0.15) is 0 Å². The number of aryl methyl sites for hydroxylation is 3. The van der Waals surface area contributed by atoms with E-state index < -0.39 is 5.91 Å². The third-order valence-corrected chi connectivity index (χ3v) is 7.48. The van der Waals surface area contributed by atoms with E-state index in [0.717, 1.165) is 47.7 Å². The summed E-state index contributed by atoms with van der Waals surface area (Å²) in [6.45, 7) is 9.09. The van der Waals surface area contributed by atoms with Crippen molar-refractivity contribution in [2.75, 3.05) is 5.32 Å². The van der Waals surface area contributed by atoms with Gasteiger partial charge in [0, 0.05) is 22.3 Å². The number of nitrogens with two attached hydrogens (primary N) is 1. The van der Waals surface area contributed by atoms with Gasteiger partial charge in [0.05, 0.1) is 5.56 Å². The molecular formula is C24H29N3O2S. The number of aromatic nitrogens is 1. The first-order valence-corrected chi connectivity index (χ1v) is 11.5. The van der Waals surface area contributed by atoms with E-state index in [9.17, 15) is 9.59 Å². The zero-order valence-electron chi connectivity index (χ0n) is 18.1. The van der Waals surface area contributed by atoms with Crippen LogP contribution in [0.2, 0.25) is 0 Å². The summed E-state index contributed by atoms with van der Waals surface area (Å²) in [5.74, 6) is -0.0616. The van der Waals surface area contributed by atoms with E-state index in [1.54, 1.807) is 0 Å². The van der Waals surface area contributed by atoms with E-state index in [1.165, 1.54) is 21.8 Å². The molecule has 2 aromatic heterocycles. The van der Waals surface area contributed by atoms with Gasteiger partial charge in [0.1, 0.15) is 10.7 Å². The van der Waals surface area contributed by atoms with Gasteiger partial charge in [-0.15, -0.1) is 11.3 Å². The molecule has 0 saturated carbocycles.